The maximum Gasteiger partial charge on any atom is 0.137 e. The normalized spacial score (nSPS) is 16.6. The van der Waals surface area contributed by atoms with E-state index in [0.717, 1.165) is 5.56 Å². The molecule has 1 heterocycles. The molecule has 0 aromatic heterocycles. The van der Waals surface area contributed by atoms with Crippen molar-refractivity contribution in [3.8, 4) is 11.5 Å². The molecular formula is C15H11BrF2O2. The summed E-state index contributed by atoms with van der Waals surface area (Å²) in [6.07, 6.45) is 0.440. The number of halogens is 3. The first-order valence-corrected chi connectivity index (χ1v) is 6.94. The molecule has 0 amide bonds. The lowest BCUT2D eigenvalue weighted by Crippen LogP contribution is -2.22. The number of ether oxygens (including phenoxy) is 2. The van der Waals surface area contributed by atoms with Crippen molar-refractivity contribution in [3.05, 3.63) is 58.1 Å². The second kappa shape index (κ2) is 5.40. The van der Waals surface area contributed by atoms with Crippen molar-refractivity contribution in [3.63, 3.8) is 0 Å². The summed E-state index contributed by atoms with van der Waals surface area (Å²) in [6, 6.07) is 8.70. The first kappa shape index (κ1) is 13.4. The highest BCUT2D eigenvalue weighted by atomic mass is 79.9. The van der Waals surface area contributed by atoms with Crippen LogP contribution in [0.3, 0.4) is 0 Å². The number of rotatable bonds is 3. The third-order valence-corrected chi connectivity index (χ3v) is 3.70. The highest BCUT2D eigenvalue weighted by Gasteiger charge is 2.24. The molecule has 20 heavy (non-hydrogen) atoms. The Balaban J connectivity index is 1.63. The summed E-state index contributed by atoms with van der Waals surface area (Å²) in [4.78, 5) is 0. The molecule has 2 aromatic rings. The molecule has 104 valence electrons. The fraction of sp³-hybridized carbons (Fsp3) is 0.200. The minimum atomic E-state index is -0.329. The Morgan fingerprint density at radius 1 is 1.15 bits per heavy atom. The van der Waals surface area contributed by atoms with E-state index in [1.807, 2.05) is 0 Å². The minimum Gasteiger partial charge on any atom is -0.489 e. The maximum atomic E-state index is 13.1. The third kappa shape index (κ3) is 2.77. The largest absolute Gasteiger partial charge is 0.489 e. The topological polar surface area (TPSA) is 18.5 Å². The van der Waals surface area contributed by atoms with Gasteiger partial charge in [0.2, 0.25) is 0 Å². The molecule has 1 aliphatic rings. The van der Waals surface area contributed by atoms with E-state index in [1.165, 1.54) is 24.3 Å². The van der Waals surface area contributed by atoms with Crippen LogP contribution in [-0.2, 0) is 6.42 Å². The van der Waals surface area contributed by atoms with Crippen LogP contribution in [0.15, 0.2) is 40.9 Å². The number of fused-ring (bicyclic) bond motifs is 1. The molecule has 0 saturated carbocycles. The van der Waals surface area contributed by atoms with E-state index in [9.17, 15) is 8.78 Å². The van der Waals surface area contributed by atoms with Gasteiger partial charge >= 0.3 is 0 Å². The van der Waals surface area contributed by atoms with Crippen molar-refractivity contribution in [2.45, 2.75) is 12.5 Å². The molecule has 0 aliphatic carbocycles. The molecule has 0 saturated heterocycles. The summed E-state index contributed by atoms with van der Waals surface area (Å²) >= 11 is 3.24. The zero-order valence-corrected chi connectivity index (χ0v) is 12.0. The van der Waals surface area contributed by atoms with Crippen molar-refractivity contribution in [1.29, 1.82) is 0 Å². The molecule has 0 N–H and O–H groups in total. The highest BCUT2D eigenvalue weighted by Crippen LogP contribution is 2.31. The van der Waals surface area contributed by atoms with Gasteiger partial charge in [0, 0.05) is 12.0 Å². The predicted octanol–water partition coefficient (Wildman–Crippen LogP) is 4.11. The zero-order valence-electron chi connectivity index (χ0n) is 10.4. The molecule has 1 atom stereocenters. The predicted molar refractivity (Wildman–Crippen MR) is 74.1 cm³/mol. The molecule has 0 bridgehead atoms. The molecule has 0 fully saturated rings. The monoisotopic (exact) mass is 340 g/mol. The van der Waals surface area contributed by atoms with Crippen molar-refractivity contribution in [1.82, 2.24) is 0 Å². The van der Waals surface area contributed by atoms with Gasteiger partial charge in [0.05, 0.1) is 4.47 Å². The van der Waals surface area contributed by atoms with E-state index in [0.29, 0.717) is 29.0 Å². The average Bonchev–Trinajstić information content (AvgIpc) is 2.79. The van der Waals surface area contributed by atoms with Crippen LogP contribution in [-0.4, -0.2) is 12.7 Å². The van der Waals surface area contributed by atoms with E-state index in [4.69, 9.17) is 9.47 Å². The molecule has 1 unspecified atom stereocenters. The molecule has 5 heteroatoms. The van der Waals surface area contributed by atoms with Crippen LogP contribution in [0.5, 0.6) is 11.5 Å². The molecule has 0 spiro atoms. The van der Waals surface area contributed by atoms with Gasteiger partial charge in [0.15, 0.2) is 0 Å². The van der Waals surface area contributed by atoms with Crippen molar-refractivity contribution < 1.29 is 18.3 Å². The highest BCUT2D eigenvalue weighted by molar-refractivity contribution is 9.10. The minimum absolute atomic E-state index is 0.163. The van der Waals surface area contributed by atoms with Gasteiger partial charge in [-0.05, 0) is 52.3 Å². The van der Waals surface area contributed by atoms with Gasteiger partial charge < -0.3 is 9.47 Å². The van der Waals surface area contributed by atoms with Crippen LogP contribution in [0, 0.1) is 11.6 Å². The van der Waals surface area contributed by atoms with E-state index in [-0.39, 0.29) is 17.7 Å². The lowest BCUT2D eigenvalue weighted by molar-refractivity contribution is 0.148. The summed E-state index contributed by atoms with van der Waals surface area (Å²) in [5.41, 5.74) is 0.844. The number of benzene rings is 2. The molecular weight excluding hydrogens is 330 g/mol. The Bertz CT molecular complexity index is 646. The van der Waals surface area contributed by atoms with Gasteiger partial charge in [-0.2, -0.15) is 0 Å². The first-order chi connectivity index (χ1) is 9.61. The van der Waals surface area contributed by atoms with Crippen molar-refractivity contribution >= 4 is 15.9 Å². The second-order valence-electron chi connectivity index (χ2n) is 4.58. The second-order valence-corrected chi connectivity index (χ2v) is 5.44. The van der Waals surface area contributed by atoms with Gasteiger partial charge in [-0.15, -0.1) is 0 Å². The van der Waals surface area contributed by atoms with E-state index >= 15 is 0 Å². The molecule has 2 aromatic carbocycles. The van der Waals surface area contributed by atoms with Crippen molar-refractivity contribution in [2.75, 3.05) is 6.61 Å². The quantitative estimate of drug-likeness (QED) is 0.837. The summed E-state index contributed by atoms with van der Waals surface area (Å²) in [7, 11) is 0. The summed E-state index contributed by atoms with van der Waals surface area (Å²) in [6.45, 7) is 0.320. The molecule has 2 nitrogen and oxygen atoms in total. The lowest BCUT2D eigenvalue weighted by Gasteiger charge is -2.13. The van der Waals surface area contributed by atoms with E-state index < -0.39 is 0 Å². The Morgan fingerprint density at radius 2 is 1.90 bits per heavy atom. The van der Waals surface area contributed by atoms with Crippen LogP contribution in [0.4, 0.5) is 8.78 Å². The van der Waals surface area contributed by atoms with Crippen LogP contribution in [0.1, 0.15) is 5.56 Å². The number of hydrogen-bond acceptors (Lipinski definition) is 2. The fourth-order valence-corrected chi connectivity index (χ4v) is 2.62. The maximum absolute atomic E-state index is 13.1. The fourth-order valence-electron chi connectivity index (χ4n) is 2.16. The van der Waals surface area contributed by atoms with E-state index in [1.54, 1.807) is 12.1 Å². The summed E-state index contributed by atoms with van der Waals surface area (Å²) in [5.74, 6) is 0.648. The van der Waals surface area contributed by atoms with Gasteiger partial charge in [0.1, 0.15) is 35.8 Å². The Kier molecular flexibility index (Phi) is 3.61. The van der Waals surface area contributed by atoms with Crippen LogP contribution >= 0.6 is 15.9 Å². The van der Waals surface area contributed by atoms with E-state index in [2.05, 4.69) is 15.9 Å². The smallest absolute Gasteiger partial charge is 0.137 e. The van der Waals surface area contributed by atoms with Gasteiger partial charge in [0.25, 0.3) is 0 Å². The lowest BCUT2D eigenvalue weighted by atomic mass is 10.1. The standard InChI is InChI=1S/C15H11BrF2O2/c16-13-7-11(18)2-4-15(13)19-8-12-6-9-5-10(17)1-3-14(9)20-12/h1-5,7,12H,6,8H2. The molecule has 3 rings (SSSR count). The van der Waals surface area contributed by atoms with Gasteiger partial charge in [-0.3, -0.25) is 0 Å². The van der Waals surface area contributed by atoms with Gasteiger partial charge in [-0.25, -0.2) is 8.78 Å². The van der Waals surface area contributed by atoms with Crippen LogP contribution in [0.2, 0.25) is 0 Å². The van der Waals surface area contributed by atoms with Crippen LogP contribution in [0.25, 0.3) is 0 Å². The van der Waals surface area contributed by atoms with Crippen molar-refractivity contribution in [2.24, 2.45) is 0 Å². The average molecular weight is 341 g/mol. The summed E-state index contributed by atoms with van der Waals surface area (Å²) < 4.78 is 37.9. The Labute approximate surface area is 123 Å². The SMILES string of the molecule is Fc1ccc(OCC2Cc3cc(F)ccc3O2)c(Br)c1. The Morgan fingerprint density at radius 3 is 2.70 bits per heavy atom. The zero-order chi connectivity index (χ0) is 14.1. The third-order valence-electron chi connectivity index (χ3n) is 3.08. The van der Waals surface area contributed by atoms with Crippen LogP contribution < -0.4 is 9.47 Å². The van der Waals surface area contributed by atoms with Gasteiger partial charge in [-0.1, -0.05) is 0 Å². The molecule has 0 radical (unpaired) electrons. The Hall–Kier alpha value is -1.62. The molecule has 1 aliphatic heterocycles. The first-order valence-electron chi connectivity index (χ1n) is 6.15. The number of hydrogen-bond donors (Lipinski definition) is 0. The summed E-state index contributed by atoms with van der Waals surface area (Å²) in [5, 5.41) is 0.